The van der Waals surface area contributed by atoms with Crippen LogP contribution in [0, 0.1) is 46.5 Å². The van der Waals surface area contributed by atoms with E-state index in [0.29, 0.717) is 17.9 Å². The van der Waals surface area contributed by atoms with Crippen LogP contribution in [0.15, 0.2) is 24.3 Å². The van der Waals surface area contributed by atoms with E-state index < -0.39 is 17.2 Å². The van der Waals surface area contributed by atoms with Gasteiger partial charge in [-0.05, 0) is 78.7 Å². The van der Waals surface area contributed by atoms with E-state index in [1.165, 1.54) is 44.6 Å². The molecule has 0 saturated heterocycles. The Bertz CT molecular complexity index is 944. The average molecular weight is 412 g/mol. The minimum absolute atomic E-state index is 0.140. The number of nitrogens with zero attached hydrogens (tertiary/aromatic N) is 1. The first-order valence-corrected chi connectivity index (χ1v) is 11.2. The Balaban J connectivity index is 1.53. The molecule has 1 atom stereocenters. The zero-order valence-electron chi connectivity index (χ0n) is 17.5. The van der Waals surface area contributed by atoms with Crippen LogP contribution in [0.1, 0.15) is 68.6 Å². The van der Waals surface area contributed by atoms with E-state index >= 15 is 4.39 Å². The number of nitriles is 1. The number of halogens is 3. The van der Waals surface area contributed by atoms with Crippen LogP contribution in [-0.2, 0) is 12.8 Å². The second kappa shape index (κ2) is 8.84. The summed E-state index contributed by atoms with van der Waals surface area (Å²) in [7, 11) is 0. The van der Waals surface area contributed by atoms with Crippen molar-refractivity contribution in [1.82, 2.24) is 0 Å². The maximum atomic E-state index is 15.3. The molecule has 1 nitrogen and oxygen atoms in total. The van der Waals surface area contributed by atoms with Crippen LogP contribution in [0.25, 0.3) is 11.1 Å². The van der Waals surface area contributed by atoms with Gasteiger partial charge in [0.25, 0.3) is 0 Å². The summed E-state index contributed by atoms with van der Waals surface area (Å²) in [5, 5.41) is 8.84. The van der Waals surface area contributed by atoms with Gasteiger partial charge in [0.15, 0.2) is 0 Å². The first kappa shape index (κ1) is 21.0. The van der Waals surface area contributed by atoms with Crippen molar-refractivity contribution in [3.63, 3.8) is 0 Å². The van der Waals surface area contributed by atoms with E-state index in [1.54, 1.807) is 6.07 Å². The Morgan fingerprint density at radius 1 is 0.967 bits per heavy atom. The van der Waals surface area contributed by atoms with E-state index in [4.69, 9.17) is 5.26 Å². The topological polar surface area (TPSA) is 23.8 Å². The summed E-state index contributed by atoms with van der Waals surface area (Å²) in [6.45, 7) is 2.26. The van der Waals surface area contributed by atoms with Crippen molar-refractivity contribution in [2.75, 3.05) is 0 Å². The number of rotatable bonds is 4. The minimum atomic E-state index is -0.955. The molecule has 4 rings (SSSR count). The molecule has 2 aliphatic rings. The second-order valence-corrected chi connectivity index (χ2v) is 9.06. The number of fused-ring (bicyclic) bond motifs is 1. The first-order valence-electron chi connectivity index (χ1n) is 11.2. The van der Waals surface area contributed by atoms with Crippen LogP contribution in [-0.4, -0.2) is 0 Å². The van der Waals surface area contributed by atoms with Crippen LogP contribution in [0.3, 0.4) is 0 Å². The van der Waals surface area contributed by atoms with Gasteiger partial charge >= 0.3 is 0 Å². The van der Waals surface area contributed by atoms with Gasteiger partial charge in [0, 0.05) is 5.56 Å². The predicted molar refractivity (Wildman–Crippen MR) is 112 cm³/mol. The van der Waals surface area contributed by atoms with Crippen LogP contribution < -0.4 is 0 Å². The SMILES string of the molecule is CCCC1CCC(C2CCc3c(ccc(-c4cc(F)c(C#N)c(F)c4)c3F)C2)CC1. The van der Waals surface area contributed by atoms with Crippen LogP contribution in [0.5, 0.6) is 0 Å². The normalized spacial score (nSPS) is 23.6. The third-order valence-corrected chi connectivity index (χ3v) is 7.31. The molecule has 158 valence electrons. The zero-order valence-corrected chi connectivity index (χ0v) is 17.5. The summed E-state index contributed by atoms with van der Waals surface area (Å²) in [6, 6.07) is 7.17. The standard InChI is InChI=1S/C26H28F3N/c1-2-3-16-4-6-17(7-5-16)18-8-10-21-19(12-18)9-11-22(26(21)29)20-13-24(27)23(15-30)25(28)14-20/h9,11,13-14,16-18H,2-8,10,12H2,1H3. The highest BCUT2D eigenvalue weighted by molar-refractivity contribution is 5.67. The molecule has 0 bridgehead atoms. The van der Waals surface area contributed by atoms with Crippen LogP contribution in [0.2, 0.25) is 0 Å². The Hall–Kier alpha value is -2.28. The predicted octanol–water partition coefficient (Wildman–Crippen LogP) is 7.35. The smallest absolute Gasteiger partial charge is 0.144 e. The Kier molecular flexibility index (Phi) is 6.18. The molecule has 2 aromatic carbocycles. The zero-order chi connectivity index (χ0) is 21.3. The summed E-state index contributed by atoms with van der Waals surface area (Å²) in [5.41, 5.74) is 1.44. The Morgan fingerprint density at radius 3 is 2.30 bits per heavy atom. The molecule has 0 radical (unpaired) electrons. The fourth-order valence-electron chi connectivity index (χ4n) is 5.65. The number of hydrogen-bond acceptors (Lipinski definition) is 1. The second-order valence-electron chi connectivity index (χ2n) is 9.06. The average Bonchev–Trinajstić information content (AvgIpc) is 2.74. The molecule has 1 unspecified atom stereocenters. The lowest BCUT2D eigenvalue weighted by molar-refractivity contribution is 0.183. The van der Waals surface area contributed by atoms with Crippen molar-refractivity contribution < 1.29 is 13.2 Å². The summed E-state index contributed by atoms with van der Waals surface area (Å²) < 4.78 is 43.3. The van der Waals surface area contributed by atoms with Crippen molar-refractivity contribution in [2.45, 2.75) is 64.7 Å². The molecule has 0 aliphatic heterocycles. The van der Waals surface area contributed by atoms with Crippen molar-refractivity contribution >= 4 is 0 Å². The number of hydrogen-bond donors (Lipinski definition) is 0. The molecular formula is C26H28F3N. The van der Waals surface area contributed by atoms with E-state index in [-0.39, 0.29) is 16.9 Å². The molecule has 1 saturated carbocycles. The van der Waals surface area contributed by atoms with Gasteiger partial charge in [-0.1, -0.05) is 44.7 Å². The van der Waals surface area contributed by atoms with Gasteiger partial charge in [0.2, 0.25) is 0 Å². The first-order chi connectivity index (χ1) is 14.5. The largest absolute Gasteiger partial charge is 0.206 e. The van der Waals surface area contributed by atoms with Crippen molar-refractivity contribution in [1.29, 1.82) is 5.26 Å². The highest BCUT2D eigenvalue weighted by Gasteiger charge is 2.31. The maximum Gasteiger partial charge on any atom is 0.144 e. The minimum Gasteiger partial charge on any atom is -0.206 e. The summed E-state index contributed by atoms with van der Waals surface area (Å²) in [4.78, 5) is 0. The summed E-state index contributed by atoms with van der Waals surface area (Å²) in [5.74, 6) is -0.0611. The third-order valence-electron chi connectivity index (χ3n) is 7.31. The van der Waals surface area contributed by atoms with Gasteiger partial charge in [-0.2, -0.15) is 5.26 Å². The molecule has 0 aromatic heterocycles. The molecule has 0 amide bonds. The molecular weight excluding hydrogens is 383 g/mol. The quantitative estimate of drug-likeness (QED) is 0.516. The number of benzene rings is 2. The Morgan fingerprint density at radius 2 is 1.67 bits per heavy atom. The van der Waals surface area contributed by atoms with Crippen LogP contribution >= 0.6 is 0 Å². The van der Waals surface area contributed by atoms with Gasteiger partial charge in [-0.3, -0.25) is 0 Å². The van der Waals surface area contributed by atoms with Gasteiger partial charge in [-0.25, -0.2) is 13.2 Å². The van der Waals surface area contributed by atoms with Gasteiger partial charge in [-0.15, -0.1) is 0 Å². The molecule has 2 aromatic rings. The molecule has 1 fully saturated rings. The van der Waals surface area contributed by atoms with Crippen LogP contribution in [0.4, 0.5) is 13.2 Å². The summed E-state index contributed by atoms with van der Waals surface area (Å²) >= 11 is 0. The van der Waals surface area contributed by atoms with Crippen molar-refractivity contribution in [3.8, 4) is 17.2 Å². The fraction of sp³-hybridized carbons (Fsp3) is 0.500. The highest BCUT2D eigenvalue weighted by Crippen LogP contribution is 2.42. The van der Waals surface area contributed by atoms with E-state index in [0.717, 1.165) is 42.4 Å². The molecule has 0 heterocycles. The lowest BCUT2D eigenvalue weighted by atomic mass is 9.69. The van der Waals surface area contributed by atoms with Crippen molar-refractivity contribution in [2.24, 2.45) is 17.8 Å². The van der Waals surface area contributed by atoms with Gasteiger partial charge < -0.3 is 0 Å². The van der Waals surface area contributed by atoms with E-state index in [2.05, 4.69) is 6.92 Å². The lowest BCUT2D eigenvalue weighted by Gasteiger charge is -2.36. The molecule has 4 heteroatoms. The maximum absolute atomic E-state index is 15.3. The van der Waals surface area contributed by atoms with Crippen molar-refractivity contribution in [3.05, 3.63) is 58.4 Å². The molecule has 0 N–H and O–H groups in total. The monoisotopic (exact) mass is 411 g/mol. The fourth-order valence-corrected chi connectivity index (χ4v) is 5.65. The Labute approximate surface area is 176 Å². The molecule has 0 spiro atoms. The van der Waals surface area contributed by atoms with Gasteiger partial charge in [0.05, 0.1) is 0 Å². The third kappa shape index (κ3) is 4.00. The summed E-state index contributed by atoms with van der Waals surface area (Å²) in [6.07, 6.45) is 10.4. The van der Waals surface area contributed by atoms with Gasteiger partial charge in [0.1, 0.15) is 29.1 Å². The highest BCUT2D eigenvalue weighted by atomic mass is 19.1. The van der Waals surface area contributed by atoms with E-state index in [9.17, 15) is 8.78 Å². The van der Waals surface area contributed by atoms with E-state index in [1.807, 2.05) is 6.07 Å². The molecule has 2 aliphatic carbocycles. The lowest BCUT2D eigenvalue weighted by Crippen LogP contribution is -2.27. The molecule has 30 heavy (non-hydrogen) atoms.